The molecule has 2 aromatic carbocycles. The zero-order valence-corrected chi connectivity index (χ0v) is 13.2. The molecule has 2 aromatic rings. The van der Waals surface area contributed by atoms with Gasteiger partial charge in [0, 0.05) is 0 Å². The summed E-state index contributed by atoms with van der Waals surface area (Å²) in [6, 6.07) is 13.7. The van der Waals surface area contributed by atoms with E-state index in [-0.39, 0.29) is 0 Å². The molecule has 0 fully saturated rings. The van der Waals surface area contributed by atoms with Crippen molar-refractivity contribution in [2.75, 3.05) is 0 Å². The molecular formula is C13H10I2O2. The number of phenolic OH excluding ortho intramolecular Hbond substituents is 1. The highest BCUT2D eigenvalue weighted by Gasteiger charge is 2.06. The second kappa shape index (κ2) is 5.90. The number of ether oxygens (including phenoxy) is 1. The van der Waals surface area contributed by atoms with Gasteiger partial charge in [0.05, 0.1) is 7.14 Å². The van der Waals surface area contributed by atoms with E-state index in [0.29, 0.717) is 12.4 Å². The van der Waals surface area contributed by atoms with Crippen molar-refractivity contribution in [2.45, 2.75) is 6.61 Å². The lowest BCUT2D eigenvalue weighted by molar-refractivity contribution is 0.305. The maximum atomic E-state index is 9.65. The first kappa shape index (κ1) is 12.9. The average Bonchev–Trinajstić information content (AvgIpc) is 2.34. The Hall–Kier alpha value is -0.500. The van der Waals surface area contributed by atoms with Crippen LogP contribution >= 0.6 is 45.2 Å². The van der Waals surface area contributed by atoms with Crippen molar-refractivity contribution >= 4 is 45.2 Å². The second-order valence-corrected chi connectivity index (χ2v) is 5.83. The molecule has 17 heavy (non-hydrogen) atoms. The summed E-state index contributed by atoms with van der Waals surface area (Å²) in [7, 11) is 0. The third-order valence-corrected chi connectivity index (χ3v) is 3.88. The lowest BCUT2D eigenvalue weighted by atomic mass is 10.2. The van der Waals surface area contributed by atoms with Gasteiger partial charge in [-0.2, -0.15) is 0 Å². The van der Waals surface area contributed by atoms with Gasteiger partial charge in [-0.05, 0) is 62.9 Å². The summed E-state index contributed by atoms with van der Waals surface area (Å²) in [5.41, 5.74) is 1.13. The fourth-order valence-corrected chi connectivity index (χ4v) is 3.08. The van der Waals surface area contributed by atoms with Crippen LogP contribution in [-0.2, 0) is 6.61 Å². The first-order chi connectivity index (χ1) is 8.16. The van der Waals surface area contributed by atoms with Crippen LogP contribution in [0.4, 0.5) is 0 Å². The molecule has 88 valence electrons. The van der Waals surface area contributed by atoms with Gasteiger partial charge in [-0.1, -0.05) is 30.3 Å². The largest absolute Gasteiger partial charge is 0.506 e. The van der Waals surface area contributed by atoms with Crippen LogP contribution in [0.1, 0.15) is 5.56 Å². The van der Waals surface area contributed by atoms with Crippen LogP contribution in [0, 0.1) is 7.14 Å². The quantitative estimate of drug-likeness (QED) is 0.709. The molecule has 0 aliphatic heterocycles. The zero-order valence-electron chi connectivity index (χ0n) is 8.86. The smallest absolute Gasteiger partial charge is 0.142 e. The van der Waals surface area contributed by atoms with Gasteiger partial charge in [0.2, 0.25) is 0 Å². The Morgan fingerprint density at radius 1 is 1.00 bits per heavy atom. The molecule has 2 rings (SSSR count). The number of hydrogen-bond donors (Lipinski definition) is 1. The summed E-state index contributed by atoms with van der Waals surface area (Å²) in [4.78, 5) is 0. The van der Waals surface area contributed by atoms with E-state index in [1.165, 1.54) is 0 Å². The number of rotatable bonds is 3. The monoisotopic (exact) mass is 452 g/mol. The standard InChI is InChI=1S/C13H10I2O2/c14-11-6-10(7-12(15)13(11)16)17-8-9-4-2-1-3-5-9/h1-7,16H,8H2. The first-order valence-electron chi connectivity index (χ1n) is 5.01. The molecule has 0 saturated heterocycles. The molecule has 1 N–H and O–H groups in total. The summed E-state index contributed by atoms with van der Waals surface area (Å²) >= 11 is 4.19. The highest BCUT2D eigenvalue weighted by Crippen LogP contribution is 2.30. The molecular weight excluding hydrogens is 442 g/mol. The van der Waals surface area contributed by atoms with Crippen molar-refractivity contribution in [1.82, 2.24) is 0 Å². The number of benzene rings is 2. The van der Waals surface area contributed by atoms with Crippen LogP contribution in [0.15, 0.2) is 42.5 Å². The van der Waals surface area contributed by atoms with Crippen molar-refractivity contribution in [3.63, 3.8) is 0 Å². The molecule has 0 aliphatic carbocycles. The summed E-state index contributed by atoms with van der Waals surface area (Å²) in [6.07, 6.45) is 0. The minimum atomic E-state index is 0.318. The number of aromatic hydroxyl groups is 1. The van der Waals surface area contributed by atoms with Crippen molar-refractivity contribution in [3.05, 3.63) is 55.2 Å². The van der Waals surface area contributed by atoms with E-state index in [9.17, 15) is 5.11 Å². The number of hydrogen-bond acceptors (Lipinski definition) is 2. The Kier molecular flexibility index (Phi) is 4.49. The van der Waals surface area contributed by atoms with Crippen LogP contribution in [-0.4, -0.2) is 5.11 Å². The highest BCUT2D eigenvalue weighted by molar-refractivity contribution is 14.1. The Labute approximate surface area is 127 Å². The molecule has 0 radical (unpaired) electrons. The van der Waals surface area contributed by atoms with Crippen LogP contribution in [0.5, 0.6) is 11.5 Å². The van der Waals surface area contributed by atoms with Gasteiger partial charge < -0.3 is 9.84 Å². The third-order valence-electron chi connectivity index (χ3n) is 2.24. The predicted octanol–water partition coefficient (Wildman–Crippen LogP) is 4.18. The van der Waals surface area contributed by atoms with E-state index in [4.69, 9.17) is 4.74 Å². The molecule has 0 aliphatic rings. The molecule has 4 heteroatoms. The van der Waals surface area contributed by atoms with Gasteiger partial charge >= 0.3 is 0 Å². The predicted molar refractivity (Wildman–Crippen MR) is 84.3 cm³/mol. The van der Waals surface area contributed by atoms with Crippen LogP contribution in [0.3, 0.4) is 0 Å². The molecule has 0 bridgehead atoms. The van der Waals surface area contributed by atoms with E-state index in [1.54, 1.807) is 0 Å². The highest BCUT2D eigenvalue weighted by atomic mass is 127. The topological polar surface area (TPSA) is 29.5 Å². The molecule has 2 nitrogen and oxygen atoms in total. The SMILES string of the molecule is Oc1c(I)cc(OCc2ccccc2)cc1I. The number of phenols is 1. The summed E-state index contributed by atoms with van der Waals surface area (Å²) in [5.74, 6) is 1.10. The van der Waals surface area contributed by atoms with E-state index in [0.717, 1.165) is 18.5 Å². The first-order valence-corrected chi connectivity index (χ1v) is 7.17. The maximum Gasteiger partial charge on any atom is 0.142 e. The minimum Gasteiger partial charge on any atom is -0.506 e. The molecule has 0 amide bonds. The molecule has 0 unspecified atom stereocenters. The van der Waals surface area contributed by atoms with Gasteiger partial charge in [0.15, 0.2) is 0 Å². The Morgan fingerprint density at radius 2 is 1.59 bits per heavy atom. The normalized spacial score (nSPS) is 10.2. The van der Waals surface area contributed by atoms with Gasteiger partial charge in [-0.15, -0.1) is 0 Å². The van der Waals surface area contributed by atoms with Gasteiger partial charge in [0.1, 0.15) is 18.1 Å². The van der Waals surface area contributed by atoms with Crippen molar-refractivity contribution < 1.29 is 9.84 Å². The third kappa shape index (κ3) is 3.48. The second-order valence-electron chi connectivity index (χ2n) is 3.51. The lowest BCUT2D eigenvalue weighted by Crippen LogP contribution is -1.96. The maximum absolute atomic E-state index is 9.65. The summed E-state index contributed by atoms with van der Waals surface area (Å²) in [6.45, 7) is 0.539. The Morgan fingerprint density at radius 3 is 2.18 bits per heavy atom. The van der Waals surface area contributed by atoms with Crippen molar-refractivity contribution in [3.8, 4) is 11.5 Å². The summed E-state index contributed by atoms with van der Waals surface area (Å²) < 4.78 is 7.29. The van der Waals surface area contributed by atoms with E-state index >= 15 is 0 Å². The average molecular weight is 452 g/mol. The van der Waals surface area contributed by atoms with Crippen molar-refractivity contribution in [2.24, 2.45) is 0 Å². The van der Waals surface area contributed by atoms with E-state index in [1.807, 2.05) is 42.5 Å². The Bertz CT molecular complexity index is 489. The minimum absolute atomic E-state index is 0.318. The fourth-order valence-electron chi connectivity index (χ4n) is 1.37. The van der Waals surface area contributed by atoms with Gasteiger partial charge in [-0.3, -0.25) is 0 Å². The molecule has 0 aromatic heterocycles. The molecule has 0 saturated carbocycles. The lowest BCUT2D eigenvalue weighted by Gasteiger charge is -2.08. The van der Waals surface area contributed by atoms with Crippen LogP contribution in [0.2, 0.25) is 0 Å². The molecule has 0 spiro atoms. The number of halogens is 2. The zero-order chi connectivity index (χ0) is 12.3. The van der Waals surface area contributed by atoms with Crippen LogP contribution in [0.25, 0.3) is 0 Å². The Balaban J connectivity index is 2.10. The summed E-state index contributed by atoms with van der Waals surface area (Å²) in [5, 5.41) is 9.65. The van der Waals surface area contributed by atoms with E-state index in [2.05, 4.69) is 45.2 Å². The molecule has 0 heterocycles. The van der Waals surface area contributed by atoms with Gasteiger partial charge in [-0.25, -0.2) is 0 Å². The van der Waals surface area contributed by atoms with Crippen LogP contribution < -0.4 is 4.74 Å². The van der Waals surface area contributed by atoms with E-state index < -0.39 is 0 Å². The molecule has 0 atom stereocenters. The van der Waals surface area contributed by atoms with Gasteiger partial charge in [0.25, 0.3) is 0 Å². The van der Waals surface area contributed by atoms with Crippen molar-refractivity contribution in [1.29, 1.82) is 0 Å². The fraction of sp³-hybridized carbons (Fsp3) is 0.0769.